The van der Waals surface area contributed by atoms with Crippen LogP contribution >= 0.6 is 11.6 Å². The highest BCUT2D eigenvalue weighted by molar-refractivity contribution is 6.33. The lowest BCUT2D eigenvalue weighted by molar-refractivity contribution is -0.137. The quantitative estimate of drug-likeness (QED) is 0.619. The van der Waals surface area contributed by atoms with Crippen LogP contribution < -0.4 is 0 Å². The van der Waals surface area contributed by atoms with E-state index in [1.54, 1.807) is 10.6 Å². The van der Waals surface area contributed by atoms with Crippen LogP contribution in [0.2, 0.25) is 5.15 Å². The van der Waals surface area contributed by atoms with Crippen molar-refractivity contribution in [2.24, 2.45) is 0 Å². The van der Waals surface area contributed by atoms with Crippen LogP contribution in [0.25, 0.3) is 16.9 Å². The number of nitrogens with zero attached hydrogens (tertiary/aromatic N) is 2. The molecular weight excluding hydrogens is 301 g/mol. The molecule has 0 aliphatic rings. The number of imidazole rings is 1. The van der Waals surface area contributed by atoms with E-state index in [1.165, 1.54) is 12.1 Å². The van der Waals surface area contributed by atoms with Crippen molar-refractivity contribution >= 4 is 17.1 Å². The number of alkyl halides is 3. The summed E-state index contributed by atoms with van der Waals surface area (Å²) >= 11 is 6.12. The number of pyridine rings is 1. The zero-order valence-electron chi connectivity index (χ0n) is 10.9. The van der Waals surface area contributed by atoms with E-state index in [0.29, 0.717) is 16.5 Å². The van der Waals surface area contributed by atoms with Gasteiger partial charge >= 0.3 is 6.18 Å². The summed E-state index contributed by atoms with van der Waals surface area (Å²) in [6.07, 6.45) is -2.56. The van der Waals surface area contributed by atoms with Gasteiger partial charge in [-0.1, -0.05) is 29.8 Å². The summed E-state index contributed by atoms with van der Waals surface area (Å²) in [6, 6.07) is 8.63. The maximum Gasteiger partial charge on any atom is 0.416 e. The van der Waals surface area contributed by atoms with Gasteiger partial charge in [0.2, 0.25) is 0 Å². The molecule has 1 aromatic carbocycles. The highest BCUT2D eigenvalue weighted by Gasteiger charge is 2.30. The lowest BCUT2D eigenvalue weighted by Gasteiger charge is -2.07. The summed E-state index contributed by atoms with van der Waals surface area (Å²) in [7, 11) is 0. The number of aromatic nitrogens is 2. The molecule has 2 nitrogen and oxygen atoms in total. The van der Waals surface area contributed by atoms with Gasteiger partial charge in [0.1, 0.15) is 5.82 Å². The second-order valence-corrected chi connectivity index (χ2v) is 5.07. The van der Waals surface area contributed by atoms with Gasteiger partial charge < -0.3 is 0 Å². The Balaban J connectivity index is 2.15. The SMILES string of the molecule is Cc1cccn2c(-c3ccc(C(F)(F)F)cc3)nc(Cl)c12. The first-order valence-corrected chi connectivity index (χ1v) is 6.56. The van der Waals surface area contributed by atoms with Gasteiger partial charge in [0, 0.05) is 11.8 Å². The summed E-state index contributed by atoms with van der Waals surface area (Å²) in [5.41, 5.74) is 1.60. The molecule has 0 fully saturated rings. The Labute approximate surface area is 123 Å². The molecule has 0 amide bonds. The van der Waals surface area contributed by atoms with E-state index in [-0.39, 0.29) is 0 Å². The van der Waals surface area contributed by atoms with Gasteiger partial charge in [-0.15, -0.1) is 0 Å². The highest BCUT2D eigenvalue weighted by Crippen LogP contribution is 2.32. The second kappa shape index (κ2) is 4.77. The summed E-state index contributed by atoms with van der Waals surface area (Å²) < 4.78 is 39.5. The predicted octanol–water partition coefficient (Wildman–Crippen LogP) is 4.98. The average molecular weight is 311 g/mol. The van der Waals surface area contributed by atoms with Gasteiger partial charge in [0.05, 0.1) is 11.1 Å². The molecule has 0 N–H and O–H groups in total. The van der Waals surface area contributed by atoms with E-state index < -0.39 is 11.7 Å². The Morgan fingerprint density at radius 1 is 1.10 bits per heavy atom. The van der Waals surface area contributed by atoms with Gasteiger partial charge in [-0.2, -0.15) is 13.2 Å². The Kier molecular flexibility index (Phi) is 3.17. The largest absolute Gasteiger partial charge is 0.416 e. The fourth-order valence-electron chi connectivity index (χ4n) is 2.27. The Hall–Kier alpha value is -2.01. The third kappa shape index (κ3) is 2.38. The molecule has 21 heavy (non-hydrogen) atoms. The zero-order valence-corrected chi connectivity index (χ0v) is 11.7. The van der Waals surface area contributed by atoms with Crippen molar-refractivity contribution in [3.05, 3.63) is 58.9 Å². The molecule has 0 unspecified atom stereocenters. The molecule has 0 aliphatic carbocycles. The number of rotatable bonds is 1. The number of benzene rings is 1. The third-order valence-electron chi connectivity index (χ3n) is 3.29. The predicted molar refractivity (Wildman–Crippen MR) is 75.4 cm³/mol. The maximum absolute atomic E-state index is 12.6. The minimum atomic E-state index is -4.35. The smallest absolute Gasteiger partial charge is 0.298 e. The van der Waals surface area contributed by atoms with Crippen molar-refractivity contribution in [2.45, 2.75) is 13.1 Å². The van der Waals surface area contributed by atoms with Crippen molar-refractivity contribution in [2.75, 3.05) is 0 Å². The Bertz CT molecular complexity index is 804. The topological polar surface area (TPSA) is 17.3 Å². The molecule has 2 aromatic heterocycles. The van der Waals surface area contributed by atoms with Gasteiger partial charge in [0.15, 0.2) is 5.15 Å². The van der Waals surface area contributed by atoms with Crippen molar-refractivity contribution in [3.8, 4) is 11.4 Å². The minimum Gasteiger partial charge on any atom is -0.298 e. The Morgan fingerprint density at radius 3 is 2.38 bits per heavy atom. The fourth-order valence-corrected chi connectivity index (χ4v) is 2.59. The van der Waals surface area contributed by atoms with Crippen molar-refractivity contribution in [3.63, 3.8) is 0 Å². The second-order valence-electron chi connectivity index (χ2n) is 4.71. The van der Waals surface area contributed by atoms with E-state index in [0.717, 1.165) is 23.2 Å². The van der Waals surface area contributed by atoms with Gasteiger partial charge in [-0.3, -0.25) is 4.40 Å². The standard InChI is InChI=1S/C15H10ClF3N2/c1-9-3-2-8-21-12(9)13(16)20-14(21)10-4-6-11(7-5-10)15(17,18)19/h2-8H,1H3. The lowest BCUT2D eigenvalue weighted by atomic mass is 10.1. The molecule has 6 heteroatoms. The van der Waals surface area contributed by atoms with Gasteiger partial charge in [-0.25, -0.2) is 4.98 Å². The molecule has 0 aliphatic heterocycles. The van der Waals surface area contributed by atoms with Crippen molar-refractivity contribution < 1.29 is 13.2 Å². The summed E-state index contributed by atoms with van der Waals surface area (Å²) in [4.78, 5) is 4.26. The lowest BCUT2D eigenvalue weighted by Crippen LogP contribution is -2.04. The number of halogens is 4. The molecule has 0 saturated heterocycles. The number of fused-ring (bicyclic) bond motifs is 1. The van der Waals surface area contributed by atoms with E-state index in [9.17, 15) is 13.2 Å². The van der Waals surface area contributed by atoms with Crippen LogP contribution in [0.1, 0.15) is 11.1 Å². The molecular formula is C15H10ClF3N2. The van der Waals surface area contributed by atoms with Crippen LogP contribution in [0, 0.1) is 6.92 Å². The van der Waals surface area contributed by atoms with Crippen LogP contribution in [0.3, 0.4) is 0 Å². The Morgan fingerprint density at radius 2 is 1.76 bits per heavy atom. The van der Waals surface area contributed by atoms with E-state index in [2.05, 4.69) is 4.98 Å². The van der Waals surface area contributed by atoms with E-state index in [1.807, 2.05) is 19.1 Å². The number of aryl methyl sites for hydroxylation is 1. The molecule has 0 bridgehead atoms. The fraction of sp³-hybridized carbons (Fsp3) is 0.133. The first kappa shape index (κ1) is 13.9. The summed E-state index contributed by atoms with van der Waals surface area (Å²) in [6.45, 7) is 1.90. The van der Waals surface area contributed by atoms with Gasteiger partial charge in [0.25, 0.3) is 0 Å². The van der Waals surface area contributed by atoms with Crippen LogP contribution in [0.5, 0.6) is 0 Å². The molecule has 0 saturated carbocycles. The maximum atomic E-state index is 12.6. The molecule has 3 rings (SSSR count). The number of hydrogen-bond donors (Lipinski definition) is 0. The van der Waals surface area contributed by atoms with Crippen LogP contribution in [-0.4, -0.2) is 9.38 Å². The highest BCUT2D eigenvalue weighted by atomic mass is 35.5. The third-order valence-corrected chi connectivity index (χ3v) is 3.56. The molecule has 3 aromatic rings. The molecule has 0 spiro atoms. The monoisotopic (exact) mass is 310 g/mol. The number of hydrogen-bond acceptors (Lipinski definition) is 1. The van der Waals surface area contributed by atoms with E-state index >= 15 is 0 Å². The minimum absolute atomic E-state index is 0.336. The zero-order chi connectivity index (χ0) is 15.2. The van der Waals surface area contributed by atoms with Gasteiger partial charge in [-0.05, 0) is 30.7 Å². The molecule has 0 radical (unpaired) electrons. The van der Waals surface area contributed by atoms with Crippen LogP contribution in [0.15, 0.2) is 42.6 Å². The molecule has 2 heterocycles. The van der Waals surface area contributed by atoms with Crippen LogP contribution in [0.4, 0.5) is 13.2 Å². The van der Waals surface area contributed by atoms with Crippen molar-refractivity contribution in [1.29, 1.82) is 0 Å². The molecule has 0 atom stereocenters. The summed E-state index contributed by atoms with van der Waals surface area (Å²) in [5, 5.41) is 0.336. The first-order chi connectivity index (χ1) is 9.88. The summed E-state index contributed by atoms with van der Waals surface area (Å²) in [5.74, 6) is 0.521. The first-order valence-electron chi connectivity index (χ1n) is 6.19. The van der Waals surface area contributed by atoms with Crippen molar-refractivity contribution in [1.82, 2.24) is 9.38 Å². The normalized spacial score (nSPS) is 12.0. The molecule has 108 valence electrons. The van der Waals surface area contributed by atoms with E-state index in [4.69, 9.17) is 11.6 Å². The van der Waals surface area contributed by atoms with Crippen LogP contribution in [-0.2, 0) is 6.18 Å². The average Bonchev–Trinajstić information content (AvgIpc) is 2.77.